The fourth-order valence-electron chi connectivity index (χ4n) is 2.90. The van der Waals surface area contributed by atoms with Gasteiger partial charge in [0.15, 0.2) is 0 Å². The van der Waals surface area contributed by atoms with Crippen LogP contribution in [0.2, 0.25) is 0 Å². The van der Waals surface area contributed by atoms with Crippen molar-refractivity contribution in [1.82, 2.24) is 9.97 Å². The summed E-state index contributed by atoms with van der Waals surface area (Å²) in [6.07, 6.45) is -1.29. The van der Waals surface area contributed by atoms with E-state index in [0.717, 1.165) is 12.1 Å². The van der Waals surface area contributed by atoms with E-state index >= 15 is 0 Å². The third-order valence-electron chi connectivity index (χ3n) is 3.94. The molecule has 3 aromatic rings. The zero-order valence-corrected chi connectivity index (χ0v) is 11.7. The topological polar surface area (TPSA) is 57.8 Å². The molecule has 0 radical (unpaired) electrons. The molecule has 0 fully saturated rings. The van der Waals surface area contributed by atoms with Crippen molar-refractivity contribution in [2.24, 2.45) is 0 Å². The average Bonchev–Trinajstić information content (AvgIpc) is 2.77. The quantitative estimate of drug-likeness (QED) is 0.663. The van der Waals surface area contributed by atoms with E-state index in [0.29, 0.717) is 33.4 Å². The SMILES string of the molecule is O=C1Cc2c([nH]c3ccc(C(F)(F)F)cc23)-c2cnccc2N1. The Kier molecular flexibility index (Phi) is 2.75. The second-order valence-corrected chi connectivity index (χ2v) is 5.38. The lowest BCUT2D eigenvalue weighted by atomic mass is 10.0. The number of nitrogens with one attached hydrogen (secondary N) is 2. The van der Waals surface area contributed by atoms with Gasteiger partial charge in [-0.1, -0.05) is 0 Å². The number of fused-ring (bicyclic) bond motifs is 5. The van der Waals surface area contributed by atoms with E-state index < -0.39 is 11.7 Å². The maximum atomic E-state index is 13.0. The van der Waals surface area contributed by atoms with Crippen LogP contribution in [0.25, 0.3) is 22.2 Å². The van der Waals surface area contributed by atoms with Crippen LogP contribution < -0.4 is 5.32 Å². The van der Waals surface area contributed by atoms with Gasteiger partial charge in [0.25, 0.3) is 0 Å². The molecule has 0 bridgehead atoms. The molecular weight excluding hydrogens is 307 g/mol. The Balaban J connectivity index is 2.02. The number of benzene rings is 1. The van der Waals surface area contributed by atoms with Crippen molar-refractivity contribution in [1.29, 1.82) is 0 Å². The Labute approximate surface area is 128 Å². The first-order valence-corrected chi connectivity index (χ1v) is 6.89. The molecule has 3 heterocycles. The fraction of sp³-hybridized carbons (Fsp3) is 0.125. The summed E-state index contributed by atoms with van der Waals surface area (Å²) in [6.45, 7) is 0. The Morgan fingerprint density at radius 1 is 1.17 bits per heavy atom. The number of anilines is 1. The summed E-state index contributed by atoms with van der Waals surface area (Å²) in [7, 11) is 0. The number of halogens is 3. The number of H-pyrrole nitrogens is 1. The number of carbonyl (C=O) groups excluding carboxylic acids is 1. The summed E-state index contributed by atoms with van der Waals surface area (Å²) in [6, 6.07) is 5.16. The van der Waals surface area contributed by atoms with E-state index in [9.17, 15) is 18.0 Å². The molecule has 1 amide bonds. The zero-order valence-electron chi connectivity index (χ0n) is 11.7. The van der Waals surface area contributed by atoms with Gasteiger partial charge in [0.2, 0.25) is 5.91 Å². The first-order chi connectivity index (χ1) is 10.9. The van der Waals surface area contributed by atoms with Gasteiger partial charge in [-0.2, -0.15) is 13.2 Å². The third kappa shape index (κ3) is 2.16. The van der Waals surface area contributed by atoms with E-state index in [1.807, 2.05) is 0 Å². The molecule has 0 saturated carbocycles. The molecular formula is C16H10F3N3O. The Hall–Kier alpha value is -2.83. The molecule has 7 heteroatoms. The van der Waals surface area contributed by atoms with E-state index in [-0.39, 0.29) is 12.3 Å². The van der Waals surface area contributed by atoms with Crippen molar-refractivity contribution in [3.63, 3.8) is 0 Å². The van der Waals surface area contributed by atoms with Crippen LogP contribution in [0, 0.1) is 0 Å². The summed E-state index contributed by atoms with van der Waals surface area (Å²) in [4.78, 5) is 19.2. The van der Waals surface area contributed by atoms with Crippen LogP contribution in [-0.2, 0) is 17.4 Å². The predicted octanol–water partition coefficient (Wildman–Crippen LogP) is 3.74. The minimum atomic E-state index is -4.43. The molecule has 1 aliphatic heterocycles. The molecule has 0 saturated heterocycles. The van der Waals surface area contributed by atoms with Crippen LogP contribution in [0.3, 0.4) is 0 Å². The molecule has 0 aliphatic carbocycles. The van der Waals surface area contributed by atoms with Crippen molar-refractivity contribution in [3.8, 4) is 11.3 Å². The Morgan fingerprint density at radius 2 is 2.00 bits per heavy atom. The molecule has 2 aromatic heterocycles. The van der Waals surface area contributed by atoms with Gasteiger partial charge in [-0.15, -0.1) is 0 Å². The number of amides is 1. The van der Waals surface area contributed by atoms with Crippen molar-refractivity contribution < 1.29 is 18.0 Å². The van der Waals surface area contributed by atoms with Gasteiger partial charge in [-0.25, -0.2) is 0 Å². The van der Waals surface area contributed by atoms with Gasteiger partial charge in [0.1, 0.15) is 0 Å². The molecule has 1 aromatic carbocycles. The van der Waals surface area contributed by atoms with Gasteiger partial charge in [0.05, 0.1) is 23.4 Å². The van der Waals surface area contributed by atoms with E-state index in [4.69, 9.17) is 0 Å². The van der Waals surface area contributed by atoms with Crippen molar-refractivity contribution in [3.05, 3.63) is 47.8 Å². The predicted molar refractivity (Wildman–Crippen MR) is 78.9 cm³/mol. The summed E-state index contributed by atoms with van der Waals surface area (Å²) < 4.78 is 38.9. The highest BCUT2D eigenvalue weighted by molar-refractivity contribution is 6.05. The lowest BCUT2D eigenvalue weighted by Crippen LogP contribution is -2.12. The van der Waals surface area contributed by atoms with E-state index in [1.54, 1.807) is 18.5 Å². The molecule has 1 aliphatic rings. The molecule has 0 spiro atoms. The standard InChI is InChI=1S/C16H10F3N3O/c17-16(18,19)8-1-2-12-9(5-8)10-6-14(23)21-13-3-4-20-7-11(13)15(10)22-12/h1-5,7,22H,6H2,(H,21,23). The van der Waals surface area contributed by atoms with Gasteiger partial charge < -0.3 is 10.3 Å². The fourth-order valence-corrected chi connectivity index (χ4v) is 2.90. The van der Waals surface area contributed by atoms with Gasteiger partial charge in [-0.05, 0) is 29.8 Å². The van der Waals surface area contributed by atoms with Gasteiger partial charge in [0, 0.05) is 28.9 Å². The monoisotopic (exact) mass is 317 g/mol. The number of hydrogen-bond donors (Lipinski definition) is 2. The Bertz CT molecular complexity index is 943. The molecule has 0 unspecified atom stereocenters. The van der Waals surface area contributed by atoms with Crippen molar-refractivity contribution in [2.75, 3.05) is 5.32 Å². The highest BCUT2D eigenvalue weighted by Crippen LogP contribution is 2.39. The average molecular weight is 317 g/mol. The first kappa shape index (κ1) is 13.8. The van der Waals surface area contributed by atoms with E-state index in [1.165, 1.54) is 6.07 Å². The van der Waals surface area contributed by atoms with Crippen LogP contribution in [0.1, 0.15) is 11.1 Å². The van der Waals surface area contributed by atoms with Gasteiger partial charge in [-0.3, -0.25) is 9.78 Å². The second kappa shape index (κ2) is 4.58. The highest BCUT2D eigenvalue weighted by atomic mass is 19.4. The number of aromatic amines is 1. The van der Waals surface area contributed by atoms with Crippen LogP contribution >= 0.6 is 0 Å². The second-order valence-electron chi connectivity index (χ2n) is 5.38. The van der Waals surface area contributed by atoms with Crippen molar-refractivity contribution >= 4 is 22.5 Å². The zero-order chi connectivity index (χ0) is 16.2. The summed E-state index contributed by atoms with van der Waals surface area (Å²) >= 11 is 0. The maximum absolute atomic E-state index is 13.0. The molecule has 4 nitrogen and oxygen atoms in total. The van der Waals surface area contributed by atoms with E-state index in [2.05, 4.69) is 15.3 Å². The third-order valence-corrected chi connectivity index (χ3v) is 3.94. The Morgan fingerprint density at radius 3 is 2.78 bits per heavy atom. The van der Waals surface area contributed by atoms with Crippen molar-refractivity contribution in [2.45, 2.75) is 12.6 Å². The number of carbonyl (C=O) groups is 1. The largest absolute Gasteiger partial charge is 0.416 e. The molecule has 4 rings (SSSR count). The summed E-state index contributed by atoms with van der Waals surface area (Å²) in [5.41, 5.74) is 2.26. The van der Waals surface area contributed by atoms with Gasteiger partial charge >= 0.3 is 6.18 Å². The number of rotatable bonds is 0. The number of nitrogens with zero attached hydrogens (tertiary/aromatic N) is 1. The molecule has 0 atom stereocenters. The van der Waals surface area contributed by atoms with Crippen LogP contribution in [0.4, 0.5) is 18.9 Å². The van der Waals surface area contributed by atoms with Crippen LogP contribution in [0.5, 0.6) is 0 Å². The summed E-state index contributed by atoms with van der Waals surface area (Å²) in [5, 5.41) is 3.15. The minimum absolute atomic E-state index is 0.00528. The smallest absolute Gasteiger partial charge is 0.354 e. The minimum Gasteiger partial charge on any atom is -0.354 e. The molecule has 23 heavy (non-hydrogen) atoms. The number of pyridine rings is 1. The molecule has 116 valence electrons. The number of alkyl halides is 3. The number of aromatic nitrogens is 2. The van der Waals surface area contributed by atoms with Crippen LogP contribution in [-0.4, -0.2) is 15.9 Å². The lowest BCUT2D eigenvalue weighted by molar-refractivity contribution is -0.137. The lowest BCUT2D eigenvalue weighted by Gasteiger charge is -2.07. The normalized spacial score (nSPS) is 14.1. The maximum Gasteiger partial charge on any atom is 0.416 e. The molecule has 2 N–H and O–H groups in total. The number of hydrogen-bond acceptors (Lipinski definition) is 2. The first-order valence-electron chi connectivity index (χ1n) is 6.89. The highest BCUT2D eigenvalue weighted by Gasteiger charge is 2.31. The van der Waals surface area contributed by atoms with Crippen LogP contribution in [0.15, 0.2) is 36.7 Å². The summed E-state index contributed by atoms with van der Waals surface area (Å²) in [5.74, 6) is -0.269.